The number of ketones is 2. The molecular weight excluding hydrogens is 222 g/mol. The van der Waals surface area contributed by atoms with Gasteiger partial charge in [0.1, 0.15) is 11.5 Å². The van der Waals surface area contributed by atoms with E-state index in [-0.39, 0.29) is 29.4 Å². The smallest absolute Gasteiger partial charge is 0.221 e. The molecule has 0 atom stereocenters. The number of hydrogen-bond acceptors (Lipinski definition) is 4. The molecule has 17 heavy (non-hydrogen) atoms. The molecule has 1 amide bonds. The summed E-state index contributed by atoms with van der Waals surface area (Å²) in [5, 5.41) is 12.0. The molecule has 0 radical (unpaired) electrons. The molecule has 0 fully saturated rings. The van der Waals surface area contributed by atoms with Crippen molar-refractivity contribution in [2.24, 2.45) is 0 Å². The van der Waals surface area contributed by atoms with Crippen molar-refractivity contribution in [3.63, 3.8) is 0 Å². The summed E-state index contributed by atoms with van der Waals surface area (Å²) >= 11 is 0. The van der Waals surface area contributed by atoms with E-state index in [1.54, 1.807) is 0 Å². The molecule has 90 valence electrons. The Morgan fingerprint density at radius 1 is 1.24 bits per heavy atom. The van der Waals surface area contributed by atoms with E-state index in [9.17, 15) is 19.5 Å². The summed E-state index contributed by atoms with van der Waals surface area (Å²) in [6.45, 7) is 2.64. The Hall–Kier alpha value is -2.17. The van der Waals surface area contributed by atoms with Gasteiger partial charge < -0.3 is 10.4 Å². The molecule has 0 aliphatic rings. The van der Waals surface area contributed by atoms with E-state index in [0.717, 1.165) is 0 Å². The van der Waals surface area contributed by atoms with Gasteiger partial charge in [-0.1, -0.05) is 0 Å². The number of carbonyl (C=O) groups excluding carboxylic acids is 3. The van der Waals surface area contributed by atoms with Crippen molar-refractivity contribution in [3.05, 3.63) is 23.8 Å². The number of carbonyl (C=O) groups is 3. The number of benzene rings is 1. The van der Waals surface area contributed by atoms with Gasteiger partial charge in [0.25, 0.3) is 0 Å². The minimum absolute atomic E-state index is 0.0338. The topological polar surface area (TPSA) is 83.5 Å². The minimum Gasteiger partial charge on any atom is -0.507 e. The Morgan fingerprint density at radius 3 is 2.41 bits per heavy atom. The summed E-state index contributed by atoms with van der Waals surface area (Å²) in [6.07, 6.45) is -0.267. The van der Waals surface area contributed by atoms with Crippen LogP contribution in [0.4, 0.5) is 5.69 Å². The third kappa shape index (κ3) is 3.71. The van der Waals surface area contributed by atoms with Gasteiger partial charge in [0.05, 0.1) is 12.0 Å². The first-order chi connectivity index (χ1) is 7.90. The van der Waals surface area contributed by atoms with Crippen LogP contribution < -0.4 is 5.32 Å². The number of amides is 1. The summed E-state index contributed by atoms with van der Waals surface area (Å²) in [7, 11) is 0. The third-order valence-corrected chi connectivity index (χ3v) is 2.03. The van der Waals surface area contributed by atoms with E-state index in [2.05, 4.69) is 5.32 Å². The van der Waals surface area contributed by atoms with Crippen molar-refractivity contribution in [3.8, 4) is 5.75 Å². The van der Waals surface area contributed by atoms with E-state index in [1.807, 2.05) is 0 Å². The van der Waals surface area contributed by atoms with Crippen LogP contribution in [0, 0.1) is 0 Å². The summed E-state index contributed by atoms with van der Waals surface area (Å²) in [5.41, 5.74) is 0.439. The van der Waals surface area contributed by atoms with Crippen LogP contribution in [-0.2, 0) is 9.59 Å². The van der Waals surface area contributed by atoms with E-state index in [0.29, 0.717) is 5.69 Å². The van der Waals surface area contributed by atoms with Crippen LogP contribution in [-0.4, -0.2) is 22.6 Å². The van der Waals surface area contributed by atoms with E-state index >= 15 is 0 Å². The standard InChI is InChI=1S/C12H13NO4/c1-7(14)5-12(17)10-6-9(13-8(2)15)3-4-11(10)16/h3-4,6,16H,5H2,1-2H3,(H,13,15). The number of nitrogens with one attached hydrogen (secondary N) is 1. The molecule has 0 aliphatic carbocycles. The van der Waals surface area contributed by atoms with Gasteiger partial charge in [-0.3, -0.25) is 14.4 Å². The van der Waals surface area contributed by atoms with E-state index in [4.69, 9.17) is 0 Å². The van der Waals surface area contributed by atoms with E-state index < -0.39 is 5.78 Å². The van der Waals surface area contributed by atoms with Gasteiger partial charge in [0, 0.05) is 12.6 Å². The molecule has 2 N–H and O–H groups in total. The zero-order valence-corrected chi connectivity index (χ0v) is 9.61. The summed E-state index contributed by atoms with van der Waals surface area (Å²) < 4.78 is 0. The van der Waals surface area contributed by atoms with E-state index in [1.165, 1.54) is 32.0 Å². The summed E-state index contributed by atoms with van der Waals surface area (Å²) in [6, 6.07) is 4.13. The molecule has 1 rings (SSSR count). The average molecular weight is 235 g/mol. The number of Topliss-reactive ketones (excluding diaryl/α,β-unsaturated/α-hetero) is 2. The molecular formula is C12H13NO4. The maximum absolute atomic E-state index is 11.6. The maximum atomic E-state index is 11.6. The second kappa shape index (κ2) is 5.25. The molecule has 5 nitrogen and oxygen atoms in total. The van der Waals surface area contributed by atoms with Gasteiger partial charge in [-0.2, -0.15) is 0 Å². The Labute approximate surface area is 98.4 Å². The van der Waals surface area contributed by atoms with Crippen molar-refractivity contribution in [2.75, 3.05) is 5.32 Å². The quantitative estimate of drug-likeness (QED) is 0.470. The van der Waals surface area contributed by atoms with Gasteiger partial charge in [-0.05, 0) is 25.1 Å². The van der Waals surface area contributed by atoms with Crippen LogP contribution in [0.15, 0.2) is 18.2 Å². The van der Waals surface area contributed by atoms with Gasteiger partial charge >= 0.3 is 0 Å². The highest BCUT2D eigenvalue weighted by molar-refractivity contribution is 6.09. The van der Waals surface area contributed by atoms with Crippen LogP contribution >= 0.6 is 0 Å². The normalized spacial score (nSPS) is 9.76. The fourth-order valence-corrected chi connectivity index (χ4v) is 1.36. The molecule has 0 aromatic heterocycles. The molecule has 1 aromatic carbocycles. The Balaban J connectivity index is 3.01. The zero-order valence-electron chi connectivity index (χ0n) is 9.61. The number of anilines is 1. The van der Waals surface area contributed by atoms with Crippen LogP contribution in [0.3, 0.4) is 0 Å². The second-order valence-corrected chi connectivity index (χ2v) is 3.72. The lowest BCUT2D eigenvalue weighted by molar-refractivity contribution is -0.116. The van der Waals surface area contributed by atoms with Gasteiger partial charge in [0.2, 0.25) is 5.91 Å². The summed E-state index contributed by atoms with van der Waals surface area (Å²) in [4.78, 5) is 33.3. The predicted molar refractivity (Wildman–Crippen MR) is 62.0 cm³/mol. The fraction of sp³-hybridized carbons (Fsp3) is 0.250. The Morgan fingerprint density at radius 2 is 1.88 bits per heavy atom. The monoisotopic (exact) mass is 235 g/mol. The first-order valence-electron chi connectivity index (χ1n) is 5.03. The van der Waals surface area contributed by atoms with Crippen molar-refractivity contribution in [1.82, 2.24) is 0 Å². The average Bonchev–Trinajstić information content (AvgIpc) is 2.19. The molecule has 0 unspecified atom stereocenters. The maximum Gasteiger partial charge on any atom is 0.221 e. The second-order valence-electron chi connectivity index (χ2n) is 3.72. The molecule has 0 aliphatic heterocycles. The Bertz CT molecular complexity index is 479. The van der Waals surface area contributed by atoms with Crippen LogP contribution in [0.25, 0.3) is 0 Å². The molecule has 5 heteroatoms. The van der Waals surface area contributed by atoms with Crippen molar-refractivity contribution >= 4 is 23.2 Å². The molecule has 1 aromatic rings. The highest BCUT2D eigenvalue weighted by Gasteiger charge is 2.14. The SMILES string of the molecule is CC(=O)CC(=O)c1cc(NC(C)=O)ccc1O. The largest absolute Gasteiger partial charge is 0.507 e. The molecule has 0 bridgehead atoms. The van der Waals surface area contributed by atoms with Gasteiger partial charge in [-0.15, -0.1) is 0 Å². The summed E-state index contributed by atoms with van der Waals surface area (Å²) in [5.74, 6) is -1.23. The first-order valence-corrected chi connectivity index (χ1v) is 5.03. The zero-order chi connectivity index (χ0) is 13.0. The van der Waals surface area contributed by atoms with Crippen LogP contribution in [0.1, 0.15) is 30.6 Å². The number of phenolic OH excluding ortho intramolecular Hbond substituents is 1. The first kappa shape index (κ1) is 12.9. The van der Waals surface area contributed by atoms with Crippen LogP contribution in [0.2, 0.25) is 0 Å². The number of phenols is 1. The Kier molecular flexibility index (Phi) is 3.98. The number of hydrogen-bond donors (Lipinski definition) is 2. The lowest BCUT2D eigenvalue weighted by atomic mass is 10.0. The van der Waals surface area contributed by atoms with Crippen molar-refractivity contribution in [1.29, 1.82) is 0 Å². The third-order valence-electron chi connectivity index (χ3n) is 2.03. The highest BCUT2D eigenvalue weighted by atomic mass is 16.3. The number of aromatic hydroxyl groups is 1. The van der Waals surface area contributed by atoms with Gasteiger partial charge in [-0.25, -0.2) is 0 Å². The molecule has 0 saturated heterocycles. The lowest BCUT2D eigenvalue weighted by Crippen LogP contribution is -2.09. The van der Waals surface area contributed by atoms with Gasteiger partial charge in [0.15, 0.2) is 5.78 Å². The minimum atomic E-state index is -0.470. The fourth-order valence-electron chi connectivity index (χ4n) is 1.36. The predicted octanol–water partition coefficient (Wildman–Crippen LogP) is 1.51. The highest BCUT2D eigenvalue weighted by Crippen LogP contribution is 2.23. The van der Waals surface area contributed by atoms with Crippen molar-refractivity contribution in [2.45, 2.75) is 20.3 Å². The van der Waals surface area contributed by atoms with Crippen LogP contribution in [0.5, 0.6) is 5.75 Å². The molecule has 0 heterocycles. The molecule has 0 saturated carbocycles. The number of rotatable bonds is 4. The van der Waals surface area contributed by atoms with Crippen molar-refractivity contribution < 1.29 is 19.5 Å². The molecule has 0 spiro atoms. The lowest BCUT2D eigenvalue weighted by Gasteiger charge is -2.06.